The molecule has 0 spiro atoms. The molecule has 7 aromatic carbocycles. The Labute approximate surface area is 357 Å². The molecule has 0 N–H and O–H groups in total. The SMILES string of the molecule is CN1c2cccc3c2N2c4c1cccc4N(C)c1ccc4c(c12)B3c1sc2c3c1N4c1ccccc1N3c1ccc3c4c1B2c1cccc2c1N4c1c(cccc1N3C)N2C. The van der Waals surface area contributed by atoms with Crippen LogP contribution in [0.15, 0.2) is 121 Å². The van der Waals surface area contributed by atoms with Crippen molar-refractivity contribution >= 4 is 170 Å². The average molecular weight is 799 g/mol. The van der Waals surface area contributed by atoms with E-state index in [-0.39, 0.29) is 13.4 Å². The van der Waals surface area contributed by atoms with Crippen molar-refractivity contribution in [1.29, 1.82) is 0 Å². The number of benzene rings is 7. The van der Waals surface area contributed by atoms with Gasteiger partial charge in [-0.3, -0.25) is 0 Å². The van der Waals surface area contributed by atoms with Crippen LogP contribution in [0.1, 0.15) is 0 Å². The molecule has 10 heterocycles. The highest BCUT2D eigenvalue weighted by Gasteiger charge is 2.57. The van der Waals surface area contributed by atoms with Gasteiger partial charge in [0.15, 0.2) is 0 Å². The van der Waals surface area contributed by atoms with Crippen molar-refractivity contribution < 1.29 is 0 Å². The molecular formula is C50H32B2N8S. The van der Waals surface area contributed by atoms with Gasteiger partial charge < -0.3 is 39.2 Å². The maximum absolute atomic E-state index is 2.65. The zero-order chi connectivity index (χ0) is 39.6. The highest BCUT2D eigenvalue weighted by Crippen LogP contribution is 2.66. The van der Waals surface area contributed by atoms with Crippen molar-refractivity contribution in [2.45, 2.75) is 0 Å². The smallest absolute Gasteiger partial charge is 0.264 e. The minimum atomic E-state index is 0.0623. The molecule has 0 saturated carbocycles. The second kappa shape index (κ2) is 9.54. The fourth-order valence-corrected chi connectivity index (χ4v) is 14.7. The van der Waals surface area contributed by atoms with E-state index < -0.39 is 0 Å². The topological polar surface area (TPSA) is 25.9 Å². The number of hydrogen-bond donors (Lipinski definition) is 0. The number of anilines is 20. The first kappa shape index (κ1) is 30.8. The maximum atomic E-state index is 2.65. The van der Waals surface area contributed by atoms with Crippen molar-refractivity contribution in [3.63, 3.8) is 0 Å². The fraction of sp³-hybridized carbons (Fsp3) is 0.0800. The lowest BCUT2D eigenvalue weighted by Crippen LogP contribution is -2.62. The lowest BCUT2D eigenvalue weighted by molar-refractivity contribution is 1.07. The summed E-state index contributed by atoms with van der Waals surface area (Å²) in [7, 11) is 9.00. The first-order valence-electron chi connectivity index (χ1n) is 21.3. The van der Waals surface area contributed by atoms with E-state index in [1.54, 1.807) is 0 Å². The summed E-state index contributed by atoms with van der Waals surface area (Å²) in [6.45, 7) is 0.125. The van der Waals surface area contributed by atoms with Crippen LogP contribution >= 0.6 is 11.3 Å². The van der Waals surface area contributed by atoms with Crippen LogP contribution in [0.3, 0.4) is 0 Å². The minimum Gasteiger partial charge on any atom is -0.341 e. The Kier molecular flexibility index (Phi) is 4.81. The molecule has 0 bridgehead atoms. The summed E-state index contributed by atoms with van der Waals surface area (Å²) in [5.41, 5.74) is 31.1. The van der Waals surface area contributed by atoms with E-state index in [4.69, 9.17) is 0 Å². The number of nitrogens with zero attached hydrogens (tertiary/aromatic N) is 8. The van der Waals surface area contributed by atoms with E-state index in [1.165, 1.54) is 145 Å². The Morgan fingerprint density at radius 1 is 0.295 bits per heavy atom. The lowest BCUT2D eigenvalue weighted by atomic mass is 9.34. The molecule has 8 nitrogen and oxygen atoms in total. The predicted molar refractivity (Wildman–Crippen MR) is 258 cm³/mol. The molecule has 9 aliphatic heterocycles. The maximum Gasteiger partial charge on any atom is 0.264 e. The van der Waals surface area contributed by atoms with Crippen LogP contribution in [0.2, 0.25) is 0 Å². The number of para-hydroxylation sites is 6. The number of rotatable bonds is 0. The normalized spacial score (nSPS) is 16.5. The molecule has 1 aromatic heterocycles. The summed E-state index contributed by atoms with van der Waals surface area (Å²) in [4.78, 5) is 20.3. The Morgan fingerprint density at radius 2 is 0.623 bits per heavy atom. The van der Waals surface area contributed by atoms with E-state index in [1.807, 2.05) is 0 Å². The van der Waals surface area contributed by atoms with Gasteiger partial charge in [-0.25, -0.2) is 0 Å². The fourth-order valence-electron chi connectivity index (χ4n) is 13.2. The van der Waals surface area contributed by atoms with Crippen LogP contribution in [0.4, 0.5) is 114 Å². The first-order chi connectivity index (χ1) is 30.0. The second-order valence-corrected chi connectivity index (χ2v) is 19.0. The summed E-state index contributed by atoms with van der Waals surface area (Å²) < 4.78 is 2.87. The molecule has 17 rings (SSSR count). The summed E-state index contributed by atoms with van der Waals surface area (Å²) in [5, 5.41) is 0. The van der Waals surface area contributed by atoms with Crippen molar-refractivity contribution in [3.05, 3.63) is 121 Å². The second-order valence-electron chi connectivity index (χ2n) is 17.9. The van der Waals surface area contributed by atoms with E-state index in [2.05, 4.69) is 200 Å². The third-order valence-electron chi connectivity index (χ3n) is 15.6. The molecule has 0 fully saturated rings. The number of fused-ring (bicyclic) bond motifs is 9. The van der Waals surface area contributed by atoms with Gasteiger partial charge in [-0.05, 0) is 94.6 Å². The van der Waals surface area contributed by atoms with Crippen molar-refractivity contribution in [3.8, 4) is 0 Å². The molecular weight excluding hydrogens is 766 g/mol. The van der Waals surface area contributed by atoms with Gasteiger partial charge in [-0.2, -0.15) is 11.3 Å². The third kappa shape index (κ3) is 2.98. The van der Waals surface area contributed by atoms with E-state index in [9.17, 15) is 0 Å². The molecule has 9 aliphatic rings. The van der Waals surface area contributed by atoms with Gasteiger partial charge >= 0.3 is 0 Å². The van der Waals surface area contributed by atoms with Crippen LogP contribution in [-0.4, -0.2) is 41.6 Å². The highest BCUT2D eigenvalue weighted by atomic mass is 32.1. The van der Waals surface area contributed by atoms with Gasteiger partial charge in [-0.1, -0.05) is 48.5 Å². The van der Waals surface area contributed by atoms with Gasteiger partial charge in [0.2, 0.25) is 0 Å². The summed E-state index contributed by atoms with van der Waals surface area (Å²) in [6.07, 6.45) is 0. The Bertz CT molecular complexity index is 3290. The van der Waals surface area contributed by atoms with Crippen molar-refractivity contribution in [2.24, 2.45) is 0 Å². The molecule has 8 aromatic rings. The third-order valence-corrected chi connectivity index (χ3v) is 16.9. The monoisotopic (exact) mass is 798 g/mol. The van der Waals surface area contributed by atoms with Gasteiger partial charge in [0.05, 0.1) is 102 Å². The number of thiophene rings is 1. The summed E-state index contributed by atoms with van der Waals surface area (Å²) >= 11 is 2.07. The molecule has 0 radical (unpaired) electrons. The molecule has 0 saturated heterocycles. The van der Waals surface area contributed by atoms with Crippen LogP contribution in [-0.2, 0) is 0 Å². The van der Waals surface area contributed by atoms with E-state index in [0.29, 0.717) is 0 Å². The molecule has 0 amide bonds. The largest absolute Gasteiger partial charge is 0.341 e. The van der Waals surface area contributed by atoms with Crippen molar-refractivity contribution in [2.75, 3.05) is 67.4 Å². The Hall–Kier alpha value is -7.23. The van der Waals surface area contributed by atoms with Crippen molar-refractivity contribution in [1.82, 2.24) is 0 Å². The standard InChI is InChI=1S/C50H32B2N8S/c1-53-31-15-7-11-25-41(31)59-43-33(53)17-9-19-35(43)55(3)37-23-21-29-39(45(37)59)51(25)49-47-48-50(61-49)52-26-12-8-16-32-42(26)60-44-34(54(32)2)18-10-20-36(44)56(4)38-24-22-30(40(52)46(38)60)58(48)28-14-6-5-13-27(28)57(29)47/h5-24H,1-4H3. The predicted octanol–water partition coefficient (Wildman–Crippen LogP) is 8.55. The van der Waals surface area contributed by atoms with Gasteiger partial charge in [0, 0.05) is 49.1 Å². The quantitative estimate of drug-likeness (QED) is 0.141. The zero-order valence-electron chi connectivity index (χ0n) is 33.7. The van der Waals surface area contributed by atoms with Gasteiger partial charge in [-0.15, -0.1) is 0 Å². The average Bonchev–Trinajstić information content (AvgIpc) is 3.69. The molecule has 0 unspecified atom stereocenters. The zero-order valence-corrected chi connectivity index (χ0v) is 34.5. The molecule has 284 valence electrons. The lowest BCUT2D eigenvalue weighted by Gasteiger charge is -2.53. The summed E-state index contributed by atoms with van der Waals surface area (Å²) in [5.74, 6) is 0. The van der Waals surface area contributed by atoms with Crippen LogP contribution in [0.25, 0.3) is 0 Å². The number of hydrogen-bond acceptors (Lipinski definition) is 9. The van der Waals surface area contributed by atoms with Gasteiger partial charge in [0.1, 0.15) is 0 Å². The minimum absolute atomic E-state index is 0.0623. The van der Waals surface area contributed by atoms with E-state index >= 15 is 0 Å². The van der Waals surface area contributed by atoms with Gasteiger partial charge in [0.25, 0.3) is 13.4 Å². The highest BCUT2D eigenvalue weighted by molar-refractivity contribution is 7.39. The molecule has 0 atom stereocenters. The van der Waals surface area contributed by atoms with Crippen LogP contribution < -0.4 is 70.6 Å². The summed E-state index contributed by atoms with van der Waals surface area (Å²) in [6, 6.07) is 46.4. The van der Waals surface area contributed by atoms with Crippen LogP contribution in [0.5, 0.6) is 0 Å². The molecule has 11 heteroatoms. The molecule has 61 heavy (non-hydrogen) atoms. The molecule has 0 aliphatic carbocycles. The first-order valence-corrected chi connectivity index (χ1v) is 22.1. The Morgan fingerprint density at radius 3 is 1.03 bits per heavy atom. The van der Waals surface area contributed by atoms with Crippen LogP contribution in [0, 0.1) is 0 Å². The van der Waals surface area contributed by atoms with E-state index in [0.717, 1.165) is 0 Å². The Balaban J connectivity index is 1.02.